The van der Waals surface area contributed by atoms with Gasteiger partial charge in [-0.25, -0.2) is 0 Å². The van der Waals surface area contributed by atoms with E-state index >= 15 is 0 Å². The maximum atomic E-state index is 10.9. The first kappa shape index (κ1) is 18.2. The van der Waals surface area contributed by atoms with Crippen molar-refractivity contribution in [2.24, 2.45) is 0 Å². The molecule has 0 aliphatic carbocycles. The molecule has 0 unspecified atom stereocenters. The average Bonchev–Trinajstić information content (AvgIpc) is 2.67. The highest BCUT2D eigenvalue weighted by atomic mass is 16.5. The first-order valence-corrected chi connectivity index (χ1v) is 8.62. The van der Waals surface area contributed by atoms with Crippen molar-refractivity contribution in [3.05, 3.63) is 71.8 Å². The second-order valence-corrected chi connectivity index (χ2v) is 6.57. The van der Waals surface area contributed by atoms with Crippen molar-refractivity contribution in [2.75, 3.05) is 0 Å². The Morgan fingerprint density at radius 3 is 1.25 bits per heavy atom. The van der Waals surface area contributed by atoms with Crippen molar-refractivity contribution < 1.29 is 30.6 Å². The van der Waals surface area contributed by atoms with Crippen molar-refractivity contribution in [3.63, 3.8) is 0 Å². The Balaban J connectivity index is 2.24. The second kappa shape index (κ2) is 6.78. The largest absolute Gasteiger partial charge is 0.507 e. The molecular formula is C22H18O6. The lowest BCUT2D eigenvalue weighted by molar-refractivity contribution is -0.0445. The Morgan fingerprint density at radius 2 is 0.893 bits per heavy atom. The minimum Gasteiger partial charge on any atom is -0.507 e. The number of fused-ring (bicyclic) bond motifs is 2. The molecule has 0 aromatic heterocycles. The zero-order chi connectivity index (χ0) is 20.0. The molecule has 0 saturated heterocycles. The number of benzene rings is 4. The Hall–Kier alpha value is -3.16. The normalized spacial score (nSPS) is 11.8. The number of hydrogen-bond donors (Lipinski definition) is 6. The number of phenols is 2. The van der Waals surface area contributed by atoms with E-state index in [1.54, 1.807) is 48.5 Å². The van der Waals surface area contributed by atoms with Gasteiger partial charge in [-0.3, -0.25) is 0 Å². The van der Waals surface area contributed by atoms with Gasteiger partial charge in [-0.1, -0.05) is 48.5 Å². The summed E-state index contributed by atoms with van der Waals surface area (Å²) in [6.07, 6.45) is -3.85. The number of aliphatic hydroxyl groups is 4. The van der Waals surface area contributed by atoms with Crippen molar-refractivity contribution in [3.8, 4) is 22.6 Å². The predicted octanol–water partition coefficient (Wildman–Crippen LogP) is 3.04. The van der Waals surface area contributed by atoms with Crippen LogP contribution in [0.25, 0.3) is 32.7 Å². The molecule has 0 spiro atoms. The molecule has 0 heterocycles. The van der Waals surface area contributed by atoms with Crippen molar-refractivity contribution in [2.45, 2.75) is 12.6 Å². The minimum atomic E-state index is -1.93. The van der Waals surface area contributed by atoms with Gasteiger partial charge in [0, 0.05) is 11.1 Å². The summed E-state index contributed by atoms with van der Waals surface area (Å²) < 4.78 is 0. The SMILES string of the molecule is Oc1c(C(O)O)cc2ccccc2c1-c1c(O)c(C(O)O)cc2ccccc12. The topological polar surface area (TPSA) is 121 Å². The Bertz CT molecular complexity index is 1100. The molecule has 6 heteroatoms. The third kappa shape index (κ3) is 2.76. The molecule has 0 atom stereocenters. The molecule has 28 heavy (non-hydrogen) atoms. The summed E-state index contributed by atoms with van der Waals surface area (Å²) in [5, 5.41) is 63.0. The van der Waals surface area contributed by atoms with Crippen LogP contribution >= 0.6 is 0 Å². The highest BCUT2D eigenvalue weighted by Crippen LogP contribution is 2.48. The Kier molecular flexibility index (Phi) is 4.41. The fourth-order valence-corrected chi connectivity index (χ4v) is 3.62. The highest BCUT2D eigenvalue weighted by Gasteiger charge is 2.24. The first-order valence-electron chi connectivity index (χ1n) is 8.62. The number of hydrogen-bond acceptors (Lipinski definition) is 6. The maximum absolute atomic E-state index is 10.9. The first-order chi connectivity index (χ1) is 13.4. The van der Waals surface area contributed by atoms with Crippen LogP contribution in [0, 0.1) is 0 Å². The third-order valence-electron chi connectivity index (χ3n) is 4.91. The van der Waals surface area contributed by atoms with E-state index in [1.165, 1.54) is 12.1 Å². The zero-order valence-corrected chi connectivity index (χ0v) is 14.6. The van der Waals surface area contributed by atoms with Crippen LogP contribution in [-0.4, -0.2) is 30.6 Å². The molecular weight excluding hydrogens is 360 g/mol. The summed E-state index contributed by atoms with van der Waals surface area (Å²) in [5.41, 5.74) is 0.120. The highest BCUT2D eigenvalue weighted by molar-refractivity contribution is 6.10. The van der Waals surface area contributed by atoms with E-state index in [1.807, 2.05) is 0 Å². The molecule has 142 valence electrons. The van der Waals surface area contributed by atoms with Crippen LogP contribution in [0.4, 0.5) is 0 Å². The van der Waals surface area contributed by atoms with Crippen LogP contribution in [0.3, 0.4) is 0 Å². The Morgan fingerprint density at radius 1 is 0.536 bits per heavy atom. The van der Waals surface area contributed by atoms with E-state index in [4.69, 9.17) is 0 Å². The maximum Gasteiger partial charge on any atom is 0.182 e. The molecule has 0 bridgehead atoms. The fraction of sp³-hybridized carbons (Fsp3) is 0.0909. The summed E-state index contributed by atoms with van der Waals surface area (Å²) in [7, 11) is 0. The van der Waals surface area contributed by atoms with Gasteiger partial charge in [0.1, 0.15) is 11.5 Å². The van der Waals surface area contributed by atoms with Gasteiger partial charge >= 0.3 is 0 Å². The van der Waals surface area contributed by atoms with Gasteiger partial charge in [0.25, 0.3) is 0 Å². The zero-order valence-electron chi connectivity index (χ0n) is 14.6. The smallest absolute Gasteiger partial charge is 0.182 e. The van der Waals surface area contributed by atoms with Crippen LogP contribution < -0.4 is 0 Å². The van der Waals surface area contributed by atoms with E-state index in [9.17, 15) is 30.6 Å². The molecule has 0 aliphatic heterocycles. The van der Waals surface area contributed by atoms with Crippen molar-refractivity contribution in [1.29, 1.82) is 0 Å². The summed E-state index contributed by atoms with van der Waals surface area (Å²) in [6, 6.07) is 16.9. The minimum absolute atomic E-state index is 0.118. The molecule has 6 N–H and O–H groups in total. The van der Waals surface area contributed by atoms with E-state index in [2.05, 4.69) is 0 Å². The van der Waals surface area contributed by atoms with Gasteiger partial charge in [-0.2, -0.15) is 0 Å². The van der Waals surface area contributed by atoms with Gasteiger partial charge in [-0.15, -0.1) is 0 Å². The molecule has 6 nitrogen and oxygen atoms in total. The predicted molar refractivity (Wildman–Crippen MR) is 105 cm³/mol. The van der Waals surface area contributed by atoms with Gasteiger partial charge in [0.2, 0.25) is 0 Å². The summed E-state index contributed by atoms with van der Waals surface area (Å²) >= 11 is 0. The molecule has 0 saturated carbocycles. The second-order valence-electron chi connectivity index (χ2n) is 6.57. The summed E-state index contributed by atoms with van der Waals surface area (Å²) in [4.78, 5) is 0. The molecule has 0 amide bonds. The van der Waals surface area contributed by atoms with Gasteiger partial charge in [-0.05, 0) is 33.7 Å². The van der Waals surface area contributed by atoms with Gasteiger partial charge < -0.3 is 30.6 Å². The average molecular weight is 378 g/mol. The number of aromatic hydroxyl groups is 2. The molecule has 4 aromatic carbocycles. The van der Waals surface area contributed by atoms with E-state index in [-0.39, 0.29) is 22.3 Å². The fourth-order valence-electron chi connectivity index (χ4n) is 3.62. The number of aliphatic hydroxyl groups excluding tert-OH is 2. The summed E-state index contributed by atoms with van der Waals surface area (Å²) in [6.45, 7) is 0. The molecule has 4 rings (SSSR count). The lowest BCUT2D eigenvalue weighted by Crippen LogP contribution is -2.00. The van der Waals surface area contributed by atoms with Crippen molar-refractivity contribution in [1.82, 2.24) is 0 Å². The standard InChI is InChI=1S/C22H18O6/c23-19-15(21(25)26)9-11-5-1-3-7-13(11)17(19)18-14-8-4-2-6-12(14)10-16(20(18)24)22(27)28/h1-10,21-28H. The van der Waals surface area contributed by atoms with E-state index in [0.717, 1.165) is 0 Å². The van der Waals surface area contributed by atoms with Crippen LogP contribution in [0.15, 0.2) is 60.7 Å². The monoisotopic (exact) mass is 378 g/mol. The van der Waals surface area contributed by atoms with Gasteiger partial charge in [0.15, 0.2) is 12.6 Å². The number of phenolic OH excluding ortho intramolecular Hbond substituents is 2. The molecule has 4 aromatic rings. The molecule has 0 aliphatic rings. The van der Waals surface area contributed by atoms with Crippen LogP contribution in [0.1, 0.15) is 23.7 Å². The molecule has 0 fully saturated rings. The van der Waals surface area contributed by atoms with Gasteiger partial charge in [0.05, 0.1) is 11.1 Å². The lowest BCUT2D eigenvalue weighted by atomic mass is 9.88. The van der Waals surface area contributed by atoms with E-state index in [0.29, 0.717) is 21.5 Å². The lowest BCUT2D eigenvalue weighted by Gasteiger charge is -2.20. The van der Waals surface area contributed by atoms with Crippen LogP contribution in [-0.2, 0) is 0 Å². The Labute approximate surface area is 159 Å². The van der Waals surface area contributed by atoms with E-state index < -0.39 is 24.1 Å². The molecule has 0 radical (unpaired) electrons. The van der Waals surface area contributed by atoms with Crippen LogP contribution in [0.2, 0.25) is 0 Å². The number of rotatable bonds is 3. The van der Waals surface area contributed by atoms with Crippen LogP contribution in [0.5, 0.6) is 11.5 Å². The van der Waals surface area contributed by atoms with Crippen molar-refractivity contribution >= 4 is 21.5 Å². The third-order valence-corrected chi connectivity index (χ3v) is 4.91. The quantitative estimate of drug-likeness (QED) is 0.305. The summed E-state index contributed by atoms with van der Waals surface area (Å²) in [5.74, 6) is -0.808.